The van der Waals surface area contributed by atoms with E-state index in [1.807, 2.05) is 0 Å². The molecule has 1 saturated heterocycles. The summed E-state index contributed by atoms with van der Waals surface area (Å²) in [5.74, 6) is 0. The van der Waals surface area contributed by atoms with Gasteiger partial charge in [-0.3, -0.25) is 0 Å². The SMILES string of the molecule is CCCCC1CCCCO1.[AlH3]. The second-order valence-corrected chi connectivity index (χ2v) is 3.13. The standard InChI is InChI=1S/C9H18O.Al.3H/c1-2-3-6-9-7-4-5-8-10-9;;;;/h9H,2-8H2,1H3;;;;. The van der Waals surface area contributed by atoms with Crippen molar-refractivity contribution >= 4 is 17.4 Å². The summed E-state index contributed by atoms with van der Waals surface area (Å²) in [5.41, 5.74) is 0. The van der Waals surface area contributed by atoms with Crippen molar-refractivity contribution in [3.63, 3.8) is 0 Å². The molecule has 2 heteroatoms. The Morgan fingerprint density at radius 2 is 2.18 bits per heavy atom. The molecule has 0 aromatic rings. The van der Waals surface area contributed by atoms with Gasteiger partial charge < -0.3 is 4.74 Å². The number of hydrogen-bond donors (Lipinski definition) is 0. The minimum atomic E-state index is 0. The molecule has 0 aromatic carbocycles. The molecule has 1 unspecified atom stereocenters. The summed E-state index contributed by atoms with van der Waals surface area (Å²) in [7, 11) is 0. The lowest BCUT2D eigenvalue weighted by molar-refractivity contribution is 0.0100. The third kappa shape index (κ3) is 4.85. The average molecular weight is 172 g/mol. The molecule has 11 heavy (non-hydrogen) atoms. The van der Waals surface area contributed by atoms with Gasteiger partial charge in [0.1, 0.15) is 0 Å². The van der Waals surface area contributed by atoms with Gasteiger partial charge in [-0.1, -0.05) is 19.8 Å². The molecule has 0 amide bonds. The van der Waals surface area contributed by atoms with E-state index in [2.05, 4.69) is 6.92 Å². The summed E-state index contributed by atoms with van der Waals surface area (Å²) in [6.07, 6.45) is 8.51. The van der Waals surface area contributed by atoms with Gasteiger partial charge in [0.15, 0.2) is 17.4 Å². The van der Waals surface area contributed by atoms with Gasteiger partial charge in [0.05, 0.1) is 6.10 Å². The molecular weight excluding hydrogens is 151 g/mol. The Kier molecular flexibility index (Phi) is 7.48. The molecule has 0 bridgehead atoms. The van der Waals surface area contributed by atoms with E-state index in [9.17, 15) is 0 Å². The first kappa shape index (κ1) is 11.5. The Bertz CT molecular complexity index is 79.6. The molecule has 1 nitrogen and oxygen atoms in total. The van der Waals surface area contributed by atoms with Crippen molar-refractivity contribution in [3.05, 3.63) is 0 Å². The zero-order chi connectivity index (χ0) is 7.23. The monoisotopic (exact) mass is 172 g/mol. The molecule has 1 heterocycles. The van der Waals surface area contributed by atoms with Crippen molar-refractivity contribution < 1.29 is 4.74 Å². The maximum Gasteiger partial charge on any atom is 0.187 e. The van der Waals surface area contributed by atoms with Crippen molar-refractivity contribution in [3.8, 4) is 0 Å². The molecule has 1 aliphatic rings. The highest BCUT2D eigenvalue weighted by Crippen LogP contribution is 2.17. The van der Waals surface area contributed by atoms with Crippen LogP contribution < -0.4 is 0 Å². The molecule has 0 N–H and O–H groups in total. The van der Waals surface area contributed by atoms with Gasteiger partial charge in [-0.05, 0) is 25.7 Å². The first-order chi connectivity index (χ1) is 4.93. The molecule has 0 aliphatic carbocycles. The van der Waals surface area contributed by atoms with E-state index in [1.54, 1.807) is 0 Å². The average Bonchev–Trinajstić information content (AvgIpc) is 2.03. The molecule has 1 atom stereocenters. The minimum Gasteiger partial charge on any atom is -0.378 e. The summed E-state index contributed by atoms with van der Waals surface area (Å²) in [6.45, 7) is 3.25. The molecule has 1 aliphatic heterocycles. The van der Waals surface area contributed by atoms with Crippen LogP contribution >= 0.6 is 0 Å². The van der Waals surface area contributed by atoms with E-state index in [-0.39, 0.29) is 17.4 Å². The third-order valence-corrected chi connectivity index (χ3v) is 2.15. The highest BCUT2D eigenvalue weighted by molar-refractivity contribution is 5.75. The van der Waals surface area contributed by atoms with Crippen LogP contribution in [0.4, 0.5) is 0 Å². The molecule has 0 radical (unpaired) electrons. The van der Waals surface area contributed by atoms with Crippen LogP contribution in [0.5, 0.6) is 0 Å². The summed E-state index contributed by atoms with van der Waals surface area (Å²) in [6, 6.07) is 0. The smallest absolute Gasteiger partial charge is 0.187 e. The normalized spacial score (nSPS) is 24.3. The number of ether oxygens (including phenoxy) is 1. The van der Waals surface area contributed by atoms with E-state index < -0.39 is 0 Å². The maximum absolute atomic E-state index is 5.58. The van der Waals surface area contributed by atoms with Crippen LogP contribution in [0, 0.1) is 0 Å². The van der Waals surface area contributed by atoms with Crippen molar-refractivity contribution in [2.75, 3.05) is 6.61 Å². The maximum atomic E-state index is 5.58. The highest BCUT2D eigenvalue weighted by Gasteiger charge is 2.11. The van der Waals surface area contributed by atoms with Crippen molar-refractivity contribution in [1.29, 1.82) is 0 Å². The van der Waals surface area contributed by atoms with Gasteiger partial charge in [-0.25, -0.2) is 0 Å². The fourth-order valence-electron chi connectivity index (χ4n) is 1.47. The molecule has 0 saturated carbocycles. The minimum absolute atomic E-state index is 0. The predicted molar refractivity (Wildman–Crippen MR) is 53.1 cm³/mol. The van der Waals surface area contributed by atoms with Crippen LogP contribution in [-0.4, -0.2) is 30.1 Å². The topological polar surface area (TPSA) is 9.23 Å². The Hall–Kier alpha value is 0.492. The van der Waals surface area contributed by atoms with Gasteiger partial charge in [0.25, 0.3) is 0 Å². The molecule has 1 fully saturated rings. The van der Waals surface area contributed by atoms with E-state index in [0.29, 0.717) is 6.10 Å². The third-order valence-electron chi connectivity index (χ3n) is 2.15. The van der Waals surface area contributed by atoms with E-state index in [4.69, 9.17) is 4.74 Å². The van der Waals surface area contributed by atoms with Crippen molar-refractivity contribution in [1.82, 2.24) is 0 Å². The van der Waals surface area contributed by atoms with Gasteiger partial charge in [-0.2, -0.15) is 0 Å². The molecule has 66 valence electrons. The first-order valence-electron chi connectivity index (χ1n) is 4.55. The summed E-state index contributed by atoms with van der Waals surface area (Å²) < 4.78 is 5.58. The Balaban J connectivity index is 0.000001000. The zero-order valence-electron chi connectivity index (χ0n) is 6.94. The number of hydrogen-bond acceptors (Lipinski definition) is 1. The lowest BCUT2D eigenvalue weighted by atomic mass is 10.0. The molecular formula is C9H21AlO. The predicted octanol–water partition coefficient (Wildman–Crippen LogP) is 1.56. The van der Waals surface area contributed by atoms with Crippen LogP contribution in [0.3, 0.4) is 0 Å². The van der Waals surface area contributed by atoms with Crippen molar-refractivity contribution in [2.24, 2.45) is 0 Å². The van der Waals surface area contributed by atoms with Gasteiger partial charge in [0.2, 0.25) is 0 Å². The van der Waals surface area contributed by atoms with Crippen LogP contribution in [0.2, 0.25) is 0 Å². The summed E-state index contributed by atoms with van der Waals surface area (Å²) in [4.78, 5) is 0. The summed E-state index contributed by atoms with van der Waals surface area (Å²) in [5, 5.41) is 0. The molecule has 1 rings (SSSR count). The Morgan fingerprint density at radius 3 is 2.73 bits per heavy atom. The fourth-order valence-corrected chi connectivity index (χ4v) is 1.47. The van der Waals surface area contributed by atoms with Crippen LogP contribution in [0.25, 0.3) is 0 Å². The lowest BCUT2D eigenvalue weighted by Gasteiger charge is -2.21. The molecule has 0 spiro atoms. The van der Waals surface area contributed by atoms with Crippen LogP contribution in [-0.2, 0) is 4.74 Å². The second kappa shape index (κ2) is 7.16. The van der Waals surface area contributed by atoms with E-state index in [1.165, 1.54) is 38.5 Å². The number of unbranched alkanes of at least 4 members (excludes halogenated alkanes) is 1. The van der Waals surface area contributed by atoms with E-state index >= 15 is 0 Å². The second-order valence-electron chi connectivity index (χ2n) is 3.13. The first-order valence-corrected chi connectivity index (χ1v) is 4.55. The van der Waals surface area contributed by atoms with Crippen LogP contribution in [0.15, 0.2) is 0 Å². The Labute approximate surface area is 80.6 Å². The van der Waals surface area contributed by atoms with E-state index in [0.717, 1.165) is 6.61 Å². The largest absolute Gasteiger partial charge is 0.378 e. The Morgan fingerprint density at radius 1 is 1.36 bits per heavy atom. The summed E-state index contributed by atoms with van der Waals surface area (Å²) >= 11 is 0. The highest BCUT2D eigenvalue weighted by atomic mass is 27.0. The lowest BCUT2D eigenvalue weighted by Crippen LogP contribution is -2.18. The van der Waals surface area contributed by atoms with Gasteiger partial charge >= 0.3 is 0 Å². The quantitative estimate of drug-likeness (QED) is 0.587. The van der Waals surface area contributed by atoms with Crippen molar-refractivity contribution in [2.45, 2.75) is 51.6 Å². The van der Waals surface area contributed by atoms with Gasteiger partial charge in [0, 0.05) is 6.61 Å². The zero-order valence-corrected chi connectivity index (χ0v) is 6.94. The molecule has 0 aromatic heterocycles. The van der Waals surface area contributed by atoms with Gasteiger partial charge in [-0.15, -0.1) is 0 Å². The number of rotatable bonds is 3. The fraction of sp³-hybridized carbons (Fsp3) is 1.00. The van der Waals surface area contributed by atoms with Crippen LogP contribution in [0.1, 0.15) is 45.4 Å².